The van der Waals surface area contributed by atoms with E-state index in [4.69, 9.17) is 20.0 Å². The molecule has 10 atom stereocenters. The van der Waals surface area contributed by atoms with E-state index in [2.05, 4.69) is 38.9 Å². The van der Waals surface area contributed by atoms with Gasteiger partial charge in [-0.3, -0.25) is 9.59 Å². The van der Waals surface area contributed by atoms with Crippen molar-refractivity contribution in [2.24, 2.45) is 39.2 Å². The van der Waals surface area contributed by atoms with Gasteiger partial charge in [-0.15, -0.1) is 0 Å². The third-order valence-electron chi connectivity index (χ3n) is 13.5. The maximum Gasteiger partial charge on any atom is 0.243 e. The van der Waals surface area contributed by atoms with Crippen LogP contribution in [0.2, 0.25) is 0 Å². The molecule has 1 unspecified atom stereocenters. The van der Waals surface area contributed by atoms with E-state index in [0.29, 0.717) is 31.0 Å². The molecule has 3 N–H and O–H groups in total. The molecule has 0 radical (unpaired) electrons. The van der Waals surface area contributed by atoms with Gasteiger partial charge < -0.3 is 20.1 Å². The number of nitrogens with zero attached hydrogens (tertiary/aromatic N) is 3. The van der Waals surface area contributed by atoms with Gasteiger partial charge in [0.1, 0.15) is 17.8 Å². The van der Waals surface area contributed by atoms with Crippen molar-refractivity contribution in [3.8, 4) is 6.07 Å². The summed E-state index contributed by atoms with van der Waals surface area (Å²) < 4.78 is 11.8. The molecule has 0 bridgehead atoms. The van der Waals surface area contributed by atoms with Crippen molar-refractivity contribution in [1.82, 2.24) is 10.1 Å². The maximum atomic E-state index is 14.7. The summed E-state index contributed by atoms with van der Waals surface area (Å²) in [4.78, 5) is 32.8. The van der Waals surface area contributed by atoms with Crippen LogP contribution < -0.4 is 5.73 Å². The Morgan fingerprint density at radius 3 is 2.39 bits per heavy atom. The number of carbonyl (C=O) groups excluding carboxylic acids is 2. The Bertz CT molecular complexity index is 1490. The molecular formula is C32H42N4O5. The van der Waals surface area contributed by atoms with Gasteiger partial charge in [-0.25, -0.2) is 0 Å². The summed E-state index contributed by atoms with van der Waals surface area (Å²) in [6, 6.07) is 2.09. The number of nitrogens with two attached hydrogens (primary N) is 1. The minimum absolute atomic E-state index is 0.0258. The molecule has 5 fully saturated rings. The predicted octanol–water partition coefficient (Wildman–Crippen LogP) is 3.87. The summed E-state index contributed by atoms with van der Waals surface area (Å²) in [5.74, 6) is -0.426. The highest BCUT2D eigenvalue weighted by molar-refractivity contribution is 6.02. The van der Waals surface area contributed by atoms with Crippen LogP contribution >= 0.6 is 0 Å². The highest BCUT2D eigenvalue weighted by atomic mass is 16.6. The van der Waals surface area contributed by atoms with Crippen LogP contribution in [0.5, 0.6) is 0 Å². The van der Waals surface area contributed by atoms with E-state index < -0.39 is 62.1 Å². The van der Waals surface area contributed by atoms with E-state index in [1.165, 1.54) is 6.92 Å². The number of epoxide rings is 1. The largest absolute Gasteiger partial charge is 0.382 e. The van der Waals surface area contributed by atoms with Crippen LogP contribution in [0.15, 0.2) is 16.2 Å². The van der Waals surface area contributed by atoms with Crippen LogP contribution in [-0.2, 0) is 19.7 Å². The van der Waals surface area contributed by atoms with Crippen molar-refractivity contribution in [3.63, 3.8) is 0 Å². The standard InChI is InChI=1S/C32H42N4O5/c1-17-35-24(41-36-17)30-12-10-25(2,3)15-32(30,34)21-18(37)14-20-26(4,27(21,5)11-13-30)9-8-19-28(20,6)23-31(16-33,40-23)22(38)29(19,7)39/h14,19,21,23,39H,8-13,15,34H2,1-7H3/t19?,21-,23+,26+,27+,28-,29-,30+,31-,32+/m0/s1. The number of hydrogen-bond acceptors (Lipinski definition) is 9. The Kier molecular flexibility index (Phi) is 4.94. The number of fused-ring (bicyclic) bond motifs is 9. The number of ether oxygens (including phenoxy) is 1. The summed E-state index contributed by atoms with van der Waals surface area (Å²) >= 11 is 0. The molecule has 1 aliphatic heterocycles. The highest BCUT2D eigenvalue weighted by Crippen LogP contribution is 2.77. The molecule has 1 aromatic rings. The SMILES string of the molecule is Cc1noc([C@]23CCC(C)(C)C[C@@]2(N)[C@H]2C(=O)C=C4[C@]5(C)C(CC[C@@]4(C)[C@]2(C)CC3)[C@](C)(O)C(=O)[C@]2(C#N)O[C@@H]25)n1. The molecule has 0 aromatic carbocycles. The van der Waals surface area contributed by atoms with Crippen LogP contribution in [0.3, 0.4) is 0 Å². The topological polar surface area (TPSA) is 156 Å². The van der Waals surface area contributed by atoms with Crippen molar-refractivity contribution in [2.45, 2.75) is 122 Å². The van der Waals surface area contributed by atoms with Gasteiger partial charge in [0.2, 0.25) is 17.3 Å². The van der Waals surface area contributed by atoms with E-state index in [1.807, 2.05) is 13.8 Å². The Morgan fingerprint density at radius 1 is 1.07 bits per heavy atom. The number of ketones is 2. The van der Waals surface area contributed by atoms with Crippen molar-refractivity contribution in [3.05, 3.63) is 23.4 Å². The van der Waals surface area contributed by atoms with E-state index in [1.54, 1.807) is 6.08 Å². The minimum atomic E-state index is -1.74. The quantitative estimate of drug-likeness (QED) is 0.485. The molecule has 41 heavy (non-hydrogen) atoms. The van der Waals surface area contributed by atoms with Crippen LogP contribution in [0, 0.1) is 51.8 Å². The lowest BCUT2D eigenvalue weighted by Gasteiger charge is -2.71. The Hall–Kier alpha value is -2.41. The van der Waals surface area contributed by atoms with Crippen LogP contribution in [0.25, 0.3) is 0 Å². The minimum Gasteiger partial charge on any atom is -0.382 e. The molecule has 0 amide bonds. The van der Waals surface area contributed by atoms with Crippen LogP contribution in [-0.4, -0.2) is 49.7 Å². The number of nitriles is 1. The van der Waals surface area contributed by atoms with Crippen molar-refractivity contribution in [1.29, 1.82) is 5.26 Å². The number of rotatable bonds is 1. The number of hydrogen-bond donors (Lipinski definition) is 2. The van der Waals surface area contributed by atoms with Gasteiger partial charge in [0.05, 0.1) is 5.41 Å². The zero-order chi connectivity index (χ0) is 29.8. The lowest BCUT2D eigenvalue weighted by molar-refractivity contribution is -0.179. The molecule has 1 aromatic heterocycles. The Balaban J connectivity index is 1.43. The van der Waals surface area contributed by atoms with E-state index in [-0.39, 0.29) is 11.2 Å². The third-order valence-corrected chi connectivity index (χ3v) is 13.5. The fourth-order valence-electron chi connectivity index (χ4n) is 11.3. The summed E-state index contributed by atoms with van der Waals surface area (Å²) in [6.07, 6.45) is 6.20. The first-order valence-corrected chi connectivity index (χ1v) is 15.1. The summed E-state index contributed by atoms with van der Waals surface area (Å²) in [7, 11) is 0. The molecule has 9 heteroatoms. The highest BCUT2D eigenvalue weighted by Gasteiger charge is 2.84. The number of allylic oxidation sites excluding steroid dienone is 1. The Morgan fingerprint density at radius 2 is 1.76 bits per heavy atom. The lowest BCUT2D eigenvalue weighted by Crippen LogP contribution is -2.77. The molecule has 9 nitrogen and oxygen atoms in total. The van der Waals surface area contributed by atoms with E-state index in [0.717, 1.165) is 31.3 Å². The second-order valence-corrected chi connectivity index (χ2v) is 15.9. The fraction of sp³-hybridized carbons (Fsp3) is 0.781. The number of carbonyl (C=O) groups is 2. The lowest BCUT2D eigenvalue weighted by atomic mass is 9.32. The van der Waals surface area contributed by atoms with Crippen LogP contribution in [0.4, 0.5) is 0 Å². The Labute approximate surface area is 241 Å². The third kappa shape index (κ3) is 2.79. The van der Waals surface area contributed by atoms with Gasteiger partial charge in [-0.2, -0.15) is 10.2 Å². The zero-order valence-corrected chi connectivity index (χ0v) is 25.3. The molecule has 4 saturated carbocycles. The number of Topliss-reactive ketones (excluding diaryl/α,β-unsaturated/α-hetero) is 1. The average Bonchev–Trinajstić information content (AvgIpc) is 3.49. The van der Waals surface area contributed by atoms with Gasteiger partial charge in [0, 0.05) is 22.8 Å². The first kappa shape index (κ1) is 27.4. The van der Waals surface area contributed by atoms with Crippen LogP contribution in [0.1, 0.15) is 98.2 Å². The van der Waals surface area contributed by atoms with E-state index >= 15 is 0 Å². The first-order chi connectivity index (χ1) is 18.9. The maximum absolute atomic E-state index is 14.7. The van der Waals surface area contributed by atoms with Crippen molar-refractivity contribution < 1.29 is 24.0 Å². The second-order valence-electron chi connectivity index (χ2n) is 15.9. The molecule has 0 spiro atoms. The summed E-state index contributed by atoms with van der Waals surface area (Å²) in [5, 5.41) is 25.8. The normalized spacial score (nSPS) is 53.1. The summed E-state index contributed by atoms with van der Waals surface area (Å²) in [6.45, 7) is 14.3. The first-order valence-electron chi connectivity index (χ1n) is 15.1. The van der Waals surface area contributed by atoms with Crippen molar-refractivity contribution >= 4 is 11.6 Å². The molecule has 2 heterocycles. The van der Waals surface area contributed by atoms with Crippen molar-refractivity contribution in [2.75, 3.05) is 0 Å². The molecule has 7 rings (SSSR count). The zero-order valence-electron chi connectivity index (χ0n) is 25.3. The molecular weight excluding hydrogens is 520 g/mol. The van der Waals surface area contributed by atoms with Gasteiger partial charge in [0.25, 0.3) is 0 Å². The molecule has 6 aliphatic rings. The van der Waals surface area contributed by atoms with Gasteiger partial charge in [-0.05, 0) is 81.1 Å². The monoisotopic (exact) mass is 562 g/mol. The number of aliphatic hydroxyl groups is 1. The molecule has 5 aliphatic carbocycles. The second kappa shape index (κ2) is 7.38. The van der Waals surface area contributed by atoms with Gasteiger partial charge in [-0.1, -0.05) is 45.3 Å². The molecule has 1 saturated heterocycles. The number of aryl methyl sites for hydroxylation is 1. The average molecular weight is 563 g/mol. The smallest absolute Gasteiger partial charge is 0.243 e. The molecule has 220 valence electrons. The number of aromatic nitrogens is 2. The predicted molar refractivity (Wildman–Crippen MR) is 147 cm³/mol. The van der Waals surface area contributed by atoms with Gasteiger partial charge in [0.15, 0.2) is 11.6 Å². The van der Waals surface area contributed by atoms with E-state index in [9.17, 15) is 20.0 Å². The fourth-order valence-corrected chi connectivity index (χ4v) is 11.3. The summed E-state index contributed by atoms with van der Waals surface area (Å²) in [5.41, 5.74) is 1.77. The van der Waals surface area contributed by atoms with Gasteiger partial charge >= 0.3 is 0 Å².